The normalized spacial score (nSPS) is 19.8. The van der Waals surface area contributed by atoms with E-state index in [0.717, 1.165) is 0 Å². The van der Waals surface area contributed by atoms with E-state index >= 15 is 0 Å². The lowest BCUT2D eigenvalue weighted by Crippen LogP contribution is -2.25. The van der Waals surface area contributed by atoms with Gasteiger partial charge < -0.3 is 0 Å². The maximum absolute atomic E-state index is 11.4. The van der Waals surface area contributed by atoms with Crippen LogP contribution >= 0.6 is 0 Å². The lowest BCUT2D eigenvalue weighted by atomic mass is 9.84. The number of hydrogen-bond donors (Lipinski definition) is 0. The zero-order valence-corrected chi connectivity index (χ0v) is 11.2. The summed E-state index contributed by atoms with van der Waals surface area (Å²) in [6, 6.07) is 0. The van der Waals surface area contributed by atoms with Crippen LogP contribution in [0.5, 0.6) is 0 Å². The molecule has 0 spiro atoms. The maximum Gasteiger partial charge on any atom is 0.140 e. The van der Waals surface area contributed by atoms with Crippen molar-refractivity contribution in [3.8, 4) is 0 Å². The number of carbonyl (C=O) groups is 2. The third-order valence-electron chi connectivity index (χ3n) is 3.74. The second kappa shape index (κ2) is 6.73. The summed E-state index contributed by atoms with van der Waals surface area (Å²) in [5.74, 6) is 0.212. The van der Waals surface area contributed by atoms with E-state index in [2.05, 4.69) is 12.2 Å². The molecule has 0 saturated heterocycles. The van der Waals surface area contributed by atoms with Crippen molar-refractivity contribution in [2.24, 2.45) is 17.8 Å². The van der Waals surface area contributed by atoms with Crippen molar-refractivity contribution >= 4 is 11.6 Å². The standard InChI is InChI=1S/C15H24O2/c1-11(15(12(2)16)13(3)17)9-10-14-7-5-4-6-8-14/h9-11,14-15H,4-8H2,1-3H3/b10-9+. The van der Waals surface area contributed by atoms with E-state index in [0.29, 0.717) is 5.92 Å². The molecule has 96 valence electrons. The summed E-state index contributed by atoms with van der Waals surface area (Å²) in [6.07, 6.45) is 10.8. The monoisotopic (exact) mass is 236 g/mol. The van der Waals surface area contributed by atoms with Gasteiger partial charge in [-0.15, -0.1) is 0 Å². The van der Waals surface area contributed by atoms with Gasteiger partial charge in [-0.1, -0.05) is 38.3 Å². The minimum Gasteiger partial charge on any atom is -0.299 e. The van der Waals surface area contributed by atoms with Gasteiger partial charge in [0.2, 0.25) is 0 Å². The highest BCUT2D eigenvalue weighted by molar-refractivity contribution is 6.00. The van der Waals surface area contributed by atoms with Crippen molar-refractivity contribution in [2.45, 2.75) is 52.9 Å². The molecule has 1 aliphatic carbocycles. The van der Waals surface area contributed by atoms with Gasteiger partial charge in [0, 0.05) is 0 Å². The van der Waals surface area contributed by atoms with Gasteiger partial charge in [-0.3, -0.25) is 9.59 Å². The van der Waals surface area contributed by atoms with Crippen molar-refractivity contribution in [2.75, 3.05) is 0 Å². The van der Waals surface area contributed by atoms with Crippen LogP contribution in [0.1, 0.15) is 52.9 Å². The summed E-state index contributed by atoms with van der Waals surface area (Å²) in [6.45, 7) is 4.99. The molecule has 0 aromatic carbocycles. The molecule has 0 aromatic rings. The van der Waals surface area contributed by atoms with Crippen LogP contribution in [-0.4, -0.2) is 11.6 Å². The van der Waals surface area contributed by atoms with Gasteiger partial charge in [-0.25, -0.2) is 0 Å². The second-order valence-electron chi connectivity index (χ2n) is 5.34. The molecule has 1 atom stereocenters. The van der Waals surface area contributed by atoms with E-state index in [9.17, 15) is 9.59 Å². The highest BCUT2D eigenvalue weighted by Gasteiger charge is 2.24. The summed E-state index contributed by atoms with van der Waals surface area (Å²) in [5.41, 5.74) is 0. The molecule has 0 aliphatic heterocycles. The third-order valence-corrected chi connectivity index (χ3v) is 3.74. The van der Waals surface area contributed by atoms with E-state index in [1.165, 1.54) is 46.0 Å². The van der Waals surface area contributed by atoms with E-state index in [-0.39, 0.29) is 17.5 Å². The summed E-state index contributed by atoms with van der Waals surface area (Å²) in [5, 5.41) is 0. The summed E-state index contributed by atoms with van der Waals surface area (Å²) < 4.78 is 0. The molecule has 17 heavy (non-hydrogen) atoms. The third kappa shape index (κ3) is 4.45. The number of ketones is 2. The van der Waals surface area contributed by atoms with Crippen molar-refractivity contribution in [3.63, 3.8) is 0 Å². The molecular formula is C15H24O2. The van der Waals surface area contributed by atoms with Crippen molar-refractivity contribution in [3.05, 3.63) is 12.2 Å². The molecule has 0 N–H and O–H groups in total. The zero-order chi connectivity index (χ0) is 12.8. The summed E-state index contributed by atoms with van der Waals surface area (Å²) >= 11 is 0. The van der Waals surface area contributed by atoms with E-state index in [4.69, 9.17) is 0 Å². The van der Waals surface area contributed by atoms with Crippen LogP contribution in [0.3, 0.4) is 0 Å². The molecule has 0 bridgehead atoms. The van der Waals surface area contributed by atoms with Gasteiger partial charge in [0.15, 0.2) is 0 Å². The van der Waals surface area contributed by atoms with Crippen LogP contribution in [-0.2, 0) is 9.59 Å². The first kappa shape index (κ1) is 14.1. The van der Waals surface area contributed by atoms with Gasteiger partial charge in [0.1, 0.15) is 11.6 Å². The van der Waals surface area contributed by atoms with Crippen LogP contribution in [0.25, 0.3) is 0 Å². The Morgan fingerprint density at radius 2 is 1.59 bits per heavy atom. The number of carbonyl (C=O) groups excluding carboxylic acids is 2. The van der Waals surface area contributed by atoms with Crippen LogP contribution in [0.4, 0.5) is 0 Å². The largest absolute Gasteiger partial charge is 0.299 e. The molecule has 2 nitrogen and oxygen atoms in total. The maximum atomic E-state index is 11.4. The predicted octanol–water partition coefficient (Wildman–Crippen LogP) is 3.55. The fraction of sp³-hybridized carbons (Fsp3) is 0.733. The first-order chi connectivity index (χ1) is 8.02. The lowest BCUT2D eigenvalue weighted by molar-refractivity contribution is -0.131. The van der Waals surface area contributed by atoms with Crippen LogP contribution in [0.2, 0.25) is 0 Å². The highest BCUT2D eigenvalue weighted by Crippen LogP contribution is 2.26. The second-order valence-corrected chi connectivity index (χ2v) is 5.34. The SMILES string of the molecule is CC(=O)C(C(C)=O)C(C)/C=C/C1CCCCC1. The Morgan fingerprint density at radius 1 is 1.06 bits per heavy atom. The number of Topliss-reactive ketones (excluding diaryl/α,β-unsaturated/α-hetero) is 2. The average molecular weight is 236 g/mol. The fourth-order valence-corrected chi connectivity index (χ4v) is 2.80. The topological polar surface area (TPSA) is 34.1 Å². The molecule has 0 radical (unpaired) electrons. The van der Waals surface area contributed by atoms with Crippen molar-refractivity contribution in [1.29, 1.82) is 0 Å². The van der Waals surface area contributed by atoms with Crippen molar-refractivity contribution in [1.82, 2.24) is 0 Å². The minimum absolute atomic E-state index is 0.0155. The number of hydrogen-bond acceptors (Lipinski definition) is 2. The van der Waals surface area contributed by atoms with Gasteiger partial charge in [-0.2, -0.15) is 0 Å². The van der Waals surface area contributed by atoms with E-state index in [1.54, 1.807) is 0 Å². The first-order valence-corrected chi connectivity index (χ1v) is 6.71. The molecule has 1 unspecified atom stereocenters. The zero-order valence-electron chi connectivity index (χ0n) is 11.2. The van der Waals surface area contributed by atoms with E-state index < -0.39 is 5.92 Å². The quantitative estimate of drug-likeness (QED) is 0.540. The Balaban J connectivity index is 2.56. The minimum atomic E-state index is -0.449. The Morgan fingerprint density at radius 3 is 2.06 bits per heavy atom. The number of allylic oxidation sites excluding steroid dienone is 2. The molecule has 1 aliphatic rings. The van der Waals surface area contributed by atoms with Crippen LogP contribution in [0, 0.1) is 17.8 Å². The molecule has 1 rings (SSSR count). The lowest BCUT2D eigenvalue weighted by Gasteiger charge is -2.20. The molecule has 0 aromatic heterocycles. The van der Waals surface area contributed by atoms with Crippen LogP contribution in [0.15, 0.2) is 12.2 Å². The van der Waals surface area contributed by atoms with E-state index in [1.807, 2.05) is 6.92 Å². The van der Waals surface area contributed by atoms with Crippen molar-refractivity contribution < 1.29 is 9.59 Å². The fourth-order valence-electron chi connectivity index (χ4n) is 2.80. The Kier molecular flexibility index (Phi) is 5.60. The smallest absolute Gasteiger partial charge is 0.140 e. The molecule has 0 heterocycles. The predicted molar refractivity (Wildman–Crippen MR) is 69.7 cm³/mol. The van der Waals surface area contributed by atoms with Gasteiger partial charge in [-0.05, 0) is 38.5 Å². The highest BCUT2D eigenvalue weighted by atomic mass is 16.1. The molecule has 0 amide bonds. The average Bonchev–Trinajstić information content (AvgIpc) is 2.27. The van der Waals surface area contributed by atoms with Gasteiger partial charge in [0.05, 0.1) is 5.92 Å². The molecular weight excluding hydrogens is 212 g/mol. The Hall–Kier alpha value is -0.920. The van der Waals surface area contributed by atoms with Gasteiger partial charge >= 0.3 is 0 Å². The first-order valence-electron chi connectivity index (χ1n) is 6.71. The molecule has 1 saturated carbocycles. The Bertz CT molecular complexity index is 284. The van der Waals surface area contributed by atoms with Gasteiger partial charge in [0.25, 0.3) is 0 Å². The summed E-state index contributed by atoms with van der Waals surface area (Å²) in [7, 11) is 0. The molecule has 2 heteroatoms. The van der Waals surface area contributed by atoms with Crippen LogP contribution < -0.4 is 0 Å². The Labute approximate surface area is 104 Å². The summed E-state index contributed by atoms with van der Waals surface area (Å²) in [4.78, 5) is 22.8. The molecule has 1 fully saturated rings. The number of rotatable bonds is 5.